The molecule has 1 atom stereocenters. The third-order valence-corrected chi connectivity index (χ3v) is 15.7. The molecule has 1 N–H and O–H groups in total. The third kappa shape index (κ3) is 5.68. The first-order chi connectivity index (χ1) is 16.4. The van der Waals surface area contributed by atoms with Crippen molar-refractivity contribution in [1.82, 2.24) is 5.32 Å². The van der Waals surface area contributed by atoms with Gasteiger partial charge in [0.1, 0.15) is 0 Å². The van der Waals surface area contributed by atoms with Crippen LogP contribution in [0.25, 0.3) is 0 Å². The highest BCUT2D eigenvalue weighted by atomic mass is 31.2. The van der Waals surface area contributed by atoms with Gasteiger partial charge in [0.25, 0.3) is 0 Å². The second-order valence-electron chi connectivity index (χ2n) is 12.1. The molecule has 4 saturated carbocycles. The van der Waals surface area contributed by atoms with Gasteiger partial charge in [0, 0.05) is 5.70 Å². The zero-order valence-corrected chi connectivity index (χ0v) is 22.3. The Morgan fingerprint density at radius 1 is 0.636 bits per heavy atom. The number of nitrogens with zero attached hydrogens (tertiary/aromatic N) is 1. The van der Waals surface area contributed by atoms with Gasteiger partial charge in [0.05, 0.1) is 12.6 Å². The Bertz CT molecular complexity index is 661. The molecule has 186 valence electrons. The van der Waals surface area contributed by atoms with E-state index in [0.717, 1.165) is 29.4 Å². The van der Waals surface area contributed by atoms with Crippen molar-refractivity contribution in [3.63, 3.8) is 0 Å². The van der Waals surface area contributed by atoms with Crippen LogP contribution in [0.15, 0.2) is 28.7 Å². The van der Waals surface area contributed by atoms with Crippen LogP contribution < -0.4 is 5.32 Å². The topological polar surface area (TPSA) is 24.4 Å². The molecule has 2 nitrogen and oxygen atoms in total. The summed E-state index contributed by atoms with van der Waals surface area (Å²) in [6.07, 6.45) is 36.6. The molecule has 0 saturated heterocycles. The van der Waals surface area contributed by atoms with Crippen molar-refractivity contribution in [2.24, 2.45) is 10.7 Å². The summed E-state index contributed by atoms with van der Waals surface area (Å²) in [6, 6.07) is 0.446. The molecule has 0 radical (unpaired) electrons. The SMILES string of the molecule is C1=CC(CN=P(C2CCCCC2)(C2CCCCC2)C2CCCCC2)NC(C2CCCCC2)=C1. The lowest BCUT2D eigenvalue weighted by Crippen LogP contribution is -2.36. The zero-order valence-electron chi connectivity index (χ0n) is 21.4. The van der Waals surface area contributed by atoms with Crippen molar-refractivity contribution < 1.29 is 0 Å². The van der Waals surface area contributed by atoms with E-state index in [0.29, 0.717) is 6.04 Å². The van der Waals surface area contributed by atoms with Crippen molar-refractivity contribution >= 4 is 7.05 Å². The van der Waals surface area contributed by atoms with Crippen LogP contribution in [0.2, 0.25) is 0 Å². The summed E-state index contributed by atoms with van der Waals surface area (Å²) in [5.41, 5.74) is 4.45. The molecular formula is C30H51N2P. The largest absolute Gasteiger partial charge is 0.380 e. The van der Waals surface area contributed by atoms with Crippen LogP contribution in [-0.2, 0) is 0 Å². The molecule has 0 aromatic carbocycles. The minimum Gasteiger partial charge on any atom is -0.380 e. The zero-order chi connectivity index (χ0) is 22.3. The van der Waals surface area contributed by atoms with E-state index in [1.54, 1.807) is 0 Å². The van der Waals surface area contributed by atoms with Crippen LogP contribution in [0.3, 0.4) is 0 Å². The first-order valence-corrected chi connectivity index (χ1v) is 17.0. The highest BCUT2D eigenvalue weighted by Crippen LogP contribution is 2.70. The molecule has 1 unspecified atom stereocenters. The Balaban J connectivity index is 1.41. The van der Waals surface area contributed by atoms with Crippen LogP contribution in [-0.4, -0.2) is 29.6 Å². The van der Waals surface area contributed by atoms with Gasteiger partial charge < -0.3 is 5.32 Å². The Hall–Kier alpha value is -0.490. The Kier molecular flexibility index (Phi) is 8.78. The van der Waals surface area contributed by atoms with Crippen molar-refractivity contribution in [3.8, 4) is 0 Å². The molecule has 5 aliphatic rings. The molecule has 0 spiro atoms. The molecule has 0 amide bonds. The molecule has 3 heteroatoms. The average molecular weight is 471 g/mol. The second kappa shape index (κ2) is 12.0. The number of nitrogens with one attached hydrogen (secondary N) is 1. The van der Waals surface area contributed by atoms with Gasteiger partial charge in [-0.1, -0.05) is 89.2 Å². The standard InChI is InChI=1S/C30H51N2P/c1-5-14-25(15-6-1)30-23-13-16-26(32-30)24-31-33(27-17-7-2-8-18-27,28-19-9-3-10-20-28)29-21-11-4-12-22-29/h13,16,23,25-29,32H,1-12,14-15,17-22,24H2. The van der Waals surface area contributed by atoms with E-state index in [1.165, 1.54) is 134 Å². The molecule has 4 fully saturated rings. The summed E-state index contributed by atoms with van der Waals surface area (Å²) in [4.78, 5) is 0. The van der Waals surface area contributed by atoms with E-state index in [2.05, 4.69) is 23.5 Å². The molecular weight excluding hydrogens is 419 g/mol. The van der Waals surface area contributed by atoms with Gasteiger partial charge in [-0.2, -0.15) is 0 Å². The maximum atomic E-state index is 6.10. The minimum absolute atomic E-state index is 0.446. The number of hydrogen-bond acceptors (Lipinski definition) is 2. The lowest BCUT2D eigenvalue weighted by molar-refractivity contribution is 0.380. The number of hydrogen-bond donors (Lipinski definition) is 1. The van der Waals surface area contributed by atoms with Crippen molar-refractivity contribution in [2.45, 2.75) is 151 Å². The first-order valence-electron chi connectivity index (χ1n) is 15.1. The fourth-order valence-electron chi connectivity index (χ4n) is 8.33. The minimum atomic E-state index is -1.31. The lowest BCUT2D eigenvalue weighted by Gasteiger charge is -2.49. The lowest BCUT2D eigenvalue weighted by atomic mass is 9.86. The number of rotatable bonds is 6. The molecule has 0 bridgehead atoms. The molecule has 1 aliphatic heterocycles. The van der Waals surface area contributed by atoms with Gasteiger partial charge >= 0.3 is 0 Å². The quantitative estimate of drug-likeness (QED) is 0.384. The molecule has 0 aromatic heterocycles. The predicted molar refractivity (Wildman–Crippen MR) is 146 cm³/mol. The van der Waals surface area contributed by atoms with Crippen molar-refractivity contribution in [3.05, 3.63) is 23.9 Å². The monoisotopic (exact) mass is 470 g/mol. The van der Waals surface area contributed by atoms with Crippen molar-refractivity contribution in [1.29, 1.82) is 0 Å². The van der Waals surface area contributed by atoms with E-state index in [9.17, 15) is 0 Å². The summed E-state index contributed by atoms with van der Waals surface area (Å²) >= 11 is 0. The summed E-state index contributed by atoms with van der Waals surface area (Å²) in [7, 11) is -1.31. The predicted octanol–water partition coefficient (Wildman–Crippen LogP) is 9.18. The van der Waals surface area contributed by atoms with E-state index in [1.807, 2.05) is 0 Å². The van der Waals surface area contributed by atoms with Crippen LogP contribution in [0.5, 0.6) is 0 Å². The first kappa shape index (κ1) is 24.2. The fourth-order valence-corrected chi connectivity index (χ4v) is 14.8. The normalized spacial score (nSPS) is 29.5. The van der Waals surface area contributed by atoms with Gasteiger partial charge in [0.15, 0.2) is 0 Å². The van der Waals surface area contributed by atoms with Crippen LogP contribution in [0, 0.1) is 5.92 Å². The van der Waals surface area contributed by atoms with Gasteiger partial charge in [-0.25, -0.2) is 0 Å². The molecule has 5 rings (SSSR count). The van der Waals surface area contributed by atoms with Gasteiger partial charge in [-0.3, -0.25) is 4.74 Å². The molecule has 0 aromatic rings. The highest BCUT2D eigenvalue weighted by Gasteiger charge is 2.44. The number of allylic oxidation sites excluding steroid dienone is 3. The summed E-state index contributed by atoms with van der Waals surface area (Å²) in [5, 5.41) is 4.00. The Morgan fingerprint density at radius 3 is 1.58 bits per heavy atom. The van der Waals surface area contributed by atoms with E-state index in [-0.39, 0.29) is 0 Å². The van der Waals surface area contributed by atoms with Gasteiger partial charge in [-0.15, -0.1) is 0 Å². The average Bonchev–Trinajstić information content (AvgIpc) is 2.92. The summed E-state index contributed by atoms with van der Waals surface area (Å²) in [6.45, 7) is 1.05. The summed E-state index contributed by atoms with van der Waals surface area (Å²) in [5.74, 6) is 0.779. The molecule has 33 heavy (non-hydrogen) atoms. The maximum Gasteiger partial charge on any atom is 0.0639 e. The van der Waals surface area contributed by atoms with Crippen LogP contribution in [0.4, 0.5) is 0 Å². The summed E-state index contributed by atoms with van der Waals surface area (Å²) < 4.78 is 6.10. The fraction of sp³-hybridized carbons (Fsp3) is 0.867. The third-order valence-electron chi connectivity index (χ3n) is 10.0. The maximum absolute atomic E-state index is 6.10. The van der Waals surface area contributed by atoms with Crippen LogP contribution >= 0.6 is 7.05 Å². The van der Waals surface area contributed by atoms with E-state index >= 15 is 0 Å². The highest BCUT2D eigenvalue weighted by molar-refractivity contribution is 7.68. The van der Waals surface area contributed by atoms with E-state index in [4.69, 9.17) is 4.74 Å². The second-order valence-corrected chi connectivity index (χ2v) is 16.1. The van der Waals surface area contributed by atoms with Crippen molar-refractivity contribution in [2.75, 3.05) is 6.54 Å². The molecule has 1 heterocycles. The van der Waals surface area contributed by atoms with Crippen LogP contribution in [0.1, 0.15) is 128 Å². The van der Waals surface area contributed by atoms with Gasteiger partial charge in [-0.05, 0) is 87.4 Å². The Morgan fingerprint density at radius 2 is 1.09 bits per heavy atom. The smallest absolute Gasteiger partial charge is 0.0639 e. The Labute approximate surface area is 204 Å². The number of dihydropyridines is 1. The van der Waals surface area contributed by atoms with Gasteiger partial charge in [0.2, 0.25) is 0 Å². The van der Waals surface area contributed by atoms with E-state index < -0.39 is 7.05 Å². The molecule has 4 aliphatic carbocycles.